The van der Waals surface area contributed by atoms with E-state index in [0.717, 1.165) is 3.57 Å². The van der Waals surface area contributed by atoms with Crippen molar-refractivity contribution in [1.29, 1.82) is 0 Å². The van der Waals surface area contributed by atoms with Gasteiger partial charge in [-0.1, -0.05) is 15.9 Å². The van der Waals surface area contributed by atoms with Crippen LogP contribution in [0.25, 0.3) is 0 Å². The standard InChI is InChI=1S/C13H14BrIN2O4/c14-7-11(18)17-10-4-3-8(15)6-9(10)13(21)16-5-1-2-12(19)20/h3-4,6H,1-2,5,7H2,(H,16,21)(H,17,18)(H,19,20). The number of carbonyl (C=O) groups excluding carboxylic acids is 2. The van der Waals surface area contributed by atoms with Gasteiger partial charge in [0.15, 0.2) is 0 Å². The van der Waals surface area contributed by atoms with E-state index < -0.39 is 5.97 Å². The van der Waals surface area contributed by atoms with Crippen molar-refractivity contribution in [2.45, 2.75) is 12.8 Å². The Morgan fingerprint density at radius 2 is 2.00 bits per heavy atom. The van der Waals surface area contributed by atoms with Gasteiger partial charge < -0.3 is 15.7 Å². The van der Waals surface area contributed by atoms with Gasteiger partial charge in [-0.2, -0.15) is 0 Å². The summed E-state index contributed by atoms with van der Waals surface area (Å²) in [4.78, 5) is 33.9. The van der Waals surface area contributed by atoms with Crippen molar-refractivity contribution in [3.05, 3.63) is 27.3 Å². The molecule has 0 aliphatic rings. The van der Waals surface area contributed by atoms with Crippen LogP contribution in [0, 0.1) is 3.57 Å². The van der Waals surface area contributed by atoms with Gasteiger partial charge in [-0.25, -0.2) is 0 Å². The minimum atomic E-state index is -0.899. The Kier molecular flexibility index (Phi) is 7.65. The summed E-state index contributed by atoms with van der Waals surface area (Å²) < 4.78 is 0.861. The van der Waals surface area contributed by atoms with Crippen molar-refractivity contribution in [2.75, 3.05) is 17.2 Å². The first-order valence-electron chi connectivity index (χ1n) is 6.09. The zero-order valence-corrected chi connectivity index (χ0v) is 14.7. The molecule has 0 aliphatic carbocycles. The topological polar surface area (TPSA) is 95.5 Å². The molecule has 0 heterocycles. The molecule has 21 heavy (non-hydrogen) atoms. The summed E-state index contributed by atoms with van der Waals surface area (Å²) in [6.07, 6.45) is 0.355. The molecular weight excluding hydrogens is 455 g/mol. The lowest BCUT2D eigenvalue weighted by molar-refractivity contribution is -0.137. The van der Waals surface area contributed by atoms with Gasteiger partial charge in [0.1, 0.15) is 0 Å². The van der Waals surface area contributed by atoms with E-state index in [2.05, 4.69) is 49.2 Å². The lowest BCUT2D eigenvalue weighted by Crippen LogP contribution is -2.26. The smallest absolute Gasteiger partial charge is 0.303 e. The maximum Gasteiger partial charge on any atom is 0.303 e. The van der Waals surface area contributed by atoms with Gasteiger partial charge in [0.05, 0.1) is 16.6 Å². The van der Waals surface area contributed by atoms with Crippen LogP contribution in [0.2, 0.25) is 0 Å². The fraction of sp³-hybridized carbons (Fsp3) is 0.308. The number of amides is 2. The highest BCUT2D eigenvalue weighted by molar-refractivity contribution is 14.1. The molecule has 2 amide bonds. The van der Waals surface area contributed by atoms with E-state index in [1.807, 2.05) is 0 Å². The van der Waals surface area contributed by atoms with Crippen molar-refractivity contribution in [3.8, 4) is 0 Å². The zero-order chi connectivity index (χ0) is 15.8. The molecule has 6 nitrogen and oxygen atoms in total. The Bertz CT molecular complexity index is 551. The summed E-state index contributed by atoms with van der Waals surface area (Å²) >= 11 is 5.12. The average molecular weight is 469 g/mol. The summed E-state index contributed by atoms with van der Waals surface area (Å²) in [5.74, 6) is -1.50. The van der Waals surface area contributed by atoms with Gasteiger partial charge >= 0.3 is 5.97 Å². The van der Waals surface area contributed by atoms with E-state index in [4.69, 9.17) is 5.11 Å². The third-order valence-corrected chi connectivity index (χ3v) is 3.65. The molecule has 0 unspecified atom stereocenters. The van der Waals surface area contributed by atoms with Crippen molar-refractivity contribution in [2.24, 2.45) is 0 Å². The Labute approximate surface area is 143 Å². The van der Waals surface area contributed by atoms with E-state index in [0.29, 0.717) is 17.7 Å². The fourth-order valence-corrected chi connectivity index (χ4v) is 2.17. The Hall–Kier alpha value is -1.16. The number of carboxylic acid groups (broad SMARTS) is 1. The highest BCUT2D eigenvalue weighted by Gasteiger charge is 2.13. The van der Waals surface area contributed by atoms with Crippen molar-refractivity contribution in [1.82, 2.24) is 5.32 Å². The minimum absolute atomic E-state index is 0.000214. The number of hydrogen-bond donors (Lipinski definition) is 3. The first kappa shape index (κ1) is 17.9. The van der Waals surface area contributed by atoms with Gasteiger partial charge in [0, 0.05) is 16.5 Å². The largest absolute Gasteiger partial charge is 0.481 e. The van der Waals surface area contributed by atoms with Crippen LogP contribution in [-0.2, 0) is 9.59 Å². The maximum absolute atomic E-state index is 12.1. The second kappa shape index (κ2) is 8.98. The van der Waals surface area contributed by atoms with Gasteiger partial charge in [-0.3, -0.25) is 14.4 Å². The summed E-state index contributed by atoms with van der Waals surface area (Å²) in [6.45, 7) is 0.266. The van der Waals surface area contributed by atoms with E-state index in [1.165, 1.54) is 0 Å². The molecule has 1 aromatic rings. The molecule has 0 saturated heterocycles. The van der Waals surface area contributed by atoms with Gasteiger partial charge in [0.25, 0.3) is 5.91 Å². The van der Waals surface area contributed by atoms with Crippen LogP contribution < -0.4 is 10.6 Å². The lowest BCUT2D eigenvalue weighted by Gasteiger charge is -2.11. The summed E-state index contributed by atoms with van der Waals surface area (Å²) in [6, 6.07) is 5.11. The molecule has 0 saturated carbocycles. The molecule has 0 aromatic heterocycles. The zero-order valence-electron chi connectivity index (χ0n) is 11.0. The molecule has 0 atom stereocenters. The second-order valence-corrected chi connectivity index (χ2v) is 5.93. The first-order valence-corrected chi connectivity index (χ1v) is 8.29. The van der Waals surface area contributed by atoms with Gasteiger partial charge in [0.2, 0.25) is 5.91 Å². The Balaban J connectivity index is 2.74. The molecule has 0 bridgehead atoms. The SMILES string of the molecule is O=C(O)CCCNC(=O)c1cc(I)ccc1NC(=O)CBr. The normalized spacial score (nSPS) is 10.0. The molecule has 0 spiro atoms. The van der Waals surface area contributed by atoms with E-state index in [-0.39, 0.29) is 30.1 Å². The Morgan fingerprint density at radius 1 is 1.29 bits per heavy atom. The van der Waals surface area contributed by atoms with Crippen LogP contribution in [-0.4, -0.2) is 34.8 Å². The van der Waals surface area contributed by atoms with Crippen LogP contribution >= 0.6 is 38.5 Å². The number of rotatable bonds is 7. The average Bonchev–Trinajstić information content (AvgIpc) is 2.44. The van der Waals surface area contributed by atoms with Crippen LogP contribution in [0.4, 0.5) is 5.69 Å². The van der Waals surface area contributed by atoms with Crippen LogP contribution in [0.1, 0.15) is 23.2 Å². The van der Waals surface area contributed by atoms with Crippen molar-refractivity contribution < 1.29 is 19.5 Å². The third kappa shape index (κ3) is 6.42. The molecule has 3 N–H and O–H groups in total. The van der Waals surface area contributed by atoms with Crippen LogP contribution in [0.5, 0.6) is 0 Å². The molecule has 1 aromatic carbocycles. The number of anilines is 1. The predicted octanol–water partition coefficient (Wildman–Crippen LogP) is 2.22. The molecule has 0 fully saturated rings. The van der Waals surface area contributed by atoms with Crippen molar-refractivity contribution >= 4 is 62.0 Å². The predicted molar refractivity (Wildman–Crippen MR) is 90.8 cm³/mol. The monoisotopic (exact) mass is 468 g/mol. The van der Waals surface area contributed by atoms with Crippen LogP contribution in [0.3, 0.4) is 0 Å². The molecule has 0 radical (unpaired) electrons. The first-order chi connectivity index (χ1) is 9.93. The molecular formula is C13H14BrIN2O4. The van der Waals surface area contributed by atoms with E-state index in [9.17, 15) is 14.4 Å². The Morgan fingerprint density at radius 3 is 2.62 bits per heavy atom. The highest BCUT2D eigenvalue weighted by atomic mass is 127. The summed E-state index contributed by atoms with van der Waals surface area (Å²) in [5.41, 5.74) is 0.780. The summed E-state index contributed by atoms with van der Waals surface area (Å²) in [7, 11) is 0. The number of alkyl halides is 1. The van der Waals surface area contributed by atoms with Crippen molar-refractivity contribution in [3.63, 3.8) is 0 Å². The number of aliphatic carboxylic acids is 1. The molecule has 8 heteroatoms. The lowest BCUT2D eigenvalue weighted by atomic mass is 10.1. The minimum Gasteiger partial charge on any atom is -0.481 e. The van der Waals surface area contributed by atoms with Gasteiger partial charge in [-0.05, 0) is 47.2 Å². The number of halogens is 2. The number of carbonyl (C=O) groups is 3. The molecule has 1 rings (SSSR count). The fourth-order valence-electron chi connectivity index (χ4n) is 1.53. The number of hydrogen-bond acceptors (Lipinski definition) is 3. The maximum atomic E-state index is 12.1. The molecule has 114 valence electrons. The number of carboxylic acids is 1. The summed E-state index contributed by atoms with van der Waals surface area (Å²) in [5, 5.41) is 14.0. The molecule has 0 aliphatic heterocycles. The van der Waals surface area contributed by atoms with E-state index in [1.54, 1.807) is 18.2 Å². The number of benzene rings is 1. The highest BCUT2D eigenvalue weighted by Crippen LogP contribution is 2.19. The van der Waals surface area contributed by atoms with Gasteiger partial charge in [-0.15, -0.1) is 0 Å². The quantitative estimate of drug-likeness (QED) is 0.325. The van der Waals surface area contributed by atoms with E-state index >= 15 is 0 Å². The second-order valence-electron chi connectivity index (χ2n) is 4.12. The number of nitrogens with one attached hydrogen (secondary N) is 2. The third-order valence-electron chi connectivity index (χ3n) is 2.47. The van der Waals surface area contributed by atoms with Crippen LogP contribution in [0.15, 0.2) is 18.2 Å².